The minimum atomic E-state index is -0.629. The van der Waals surface area contributed by atoms with Crippen molar-refractivity contribution in [2.75, 3.05) is 13.7 Å². The van der Waals surface area contributed by atoms with Crippen molar-refractivity contribution in [3.63, 3.8) is 0 Å². The van der Waals surface area contributed by atoms with Crippen LogP contribution in [0.1, 0.15) is 37.9 Å². The van der Waals surface area contributed by atoms with Gasteiger partial charge in [-0.25, -0.2) is 0 Å². The number of aliphatic hydroxyl groups excluding tert-OH is 1. The smallest absolute Gasteiger partial charge is 0.223 e. The van der Waals surface area contributed by atoms with Crippen molar-refractivity contribution in [1.29, 1.82) is 0 Å². The molecule has 2 rings (SSSR count). The van der Waals surface area contributed by atoms with Crippen LogP contribution >= 0.6 is 0 Å². The Hall–Kier alpha value is -1.75. The van der Waals surface area contributed by atoms with E-state index in [9.17, 15) is 9.90 Å². The molecule has 1 aromatic rings. The maximum absolute atomic E-state index is 11.6. The molecule has 5 heteroatoms. The molecule has 20 heavy (non-hydrogen) atoms. The molecule has 110 valence electrons. The zero-order valence-corrected chi connectivity index (χ0v) is 11.9. The van der Waals surface area contributed by atoms with E-state index in [-0.39, 0.29) is 12.5 Å². The van der Waals surface area contributed by atoms with Crippen LogP contribution in [0.25, 0.3) is 0 Å². The first kappa shape index (κ1) is 14.7. The maximum atomic E-state index is 11.6. The van der Waals surface area contributed by atoms with E-state index in [0.717, 1.165) is 12.8 Å². The lowest BCUT2D eigenvalue weighted by Gasteiger charge is -2.14. The SMILES string of the molecule is COc1ccc([C@H](C)O)c(OCCC(=O)NC2CC2)c1. The van der Waals surface area contributed by atoms with Gasteiger partial charge >= 0.3 is 0 Å². The average molecular weight is 279 g/mol. The van der Waals surface area contributed by atoms with Gasteiger partial charge in [-0.3, -0.25) is 4.79 Å². The Morgan fingerprint density at radius 1 is 1.50 bits per heavy atom. The summed E-state index contributed by atoms with van der Waals surface area (Å²) in [7, 11) is 1.57. The predicted octanol–water partition coefficient (Wildman–Crippen LogP) is 1.80. The van der Waals surface area contributed by atoms with Gasteiger partial charge in [0, 0.05) is 17.7 Å². The quantitative estimate of drug-likeness (QED) is 0.798. The molecule has 1 amide bonds. The third-order valence-electron chi connectivity index (χ3n) is 3.20. The first-order chi connectivity index (χ1) is 9.60. The van der Waals surface area contributed by atoms with Gasteiger partial charge in [0.2, 0.25) is 5.91 Å². The molecule has 5 nitrogen and oxygen atoms in total. The van der Waals surface area contributed by atoms with Gasteiger partial charge in [-0.2, -0.15) is 0 Å². The van der Waals surface area contributed by atoms with Crippen LogP contribution in [-0.2, 0) is 4.79 Å². The van der Waals surface area contributed by atoms with Crippen molar-refractivity contribution in [2.45, 2.75) is 38.3 Å². The van der Waals surface area contributed by atoms with E-state index in [0.29, 0.717) is 29.5 Å². The van der Waals surface area contributed by atoms with E-state index in [2.05, 4.69) is 5.32 Å². The molecule has 0 radical (unpaired) electrons. The van der Waals surface area contributed by atoms with Gasteiger partial charge in [-0.05, 0) is 31.9 Å². The number of hydrogen-bond donors (Lipinski definition) is 2. The molecule has 0 aromatic heterocycles. The molecule has 1 aromatic carbocycles. The van der Waals surface area contributed by atoms with Crippen molar-refractivity contribution in [3.8, 4) is 11.5 Å². The molecule has 1 fully saturated rings. The summed E-state index contributed by atoms with van der Waals surface area (Å²) in [5, 5.41) is 12.6. The summed E-state index contributed by atoms with van der Waals surface area (Å²) in [6.45, 7) is 1.96. The first-order valence-corrected chi connectivity index (χ1v) is 6.88. The minimum Gasteiger partial charge on any atom is -0.497 e. The zero-order chi connectivity index (χ0) is 14.5. The highest BCUT2D eigenvalue weighted by molar-refractivity contribution is 5.76. The molecule has 0 saturated heterocycles. The molecular weight excluding hydrogens is 258 g/mol. The van der Waals surface area contributed by atoms with Crippen molar-refractivity contribution in [2.24, 2.45) is 0 Å². The molecular formula is C15H21NO4. The van der Waals surface area contributed by atoms with Crippen LogP contribution in [0.15, 0.2) is 18.2 Å². The van der Waals surface area contributed by atoms with E-state index >= 15 is 0 Å². The molecule has 0 aliphatic heterocycles. The highest BCUT2D eigenvalue weighted by Crippen LogP contribution is 2.29. The average Bonchev–Trinajstić information content (AvgIpc) is 3.22. The molecule has 2 N–H and O–H groups in total. The van der Waals surface area contributed by atoms with E-state index in [1.165, 1.54) is 0 Å². The number of nitrogens with one attached hydrogen (secondary N) is 1. The fourth-order valence-corrected chi connectivity index (χ4v) is 1.89. The molecule has 0 heterocycles. The number of rotatable bonds is 7. The second-order valence-corrected chi connectivity index (χ2v) is 5.02. The van der Waals surface area contributed by atoms with Crippen molar-refractivity contribution in [1.82, 2.24) is 5.32 Å². The monoisotopic (exact) mass is 279 g/mol. The van der Waals surface area contributed by atoms with Gasteiger partial charge in [-0.1, -0.05) is 0 Å². The number of methoxy groups -OCH3 is 1. The zero-order valence-electron chi connectivity index (χ0n) is 11.9. The lowest BCUT2D eigenvalue weighted by Crippen LogP contribution is -2.26. The molecule has 1 atom stereocenters. The predicted molar refractivity (Wildman–Crippen MR) is 74.9 cm³/mol. The molecule has 0 unspecified atom stereocenters. The largest absolute Gasteiger partial charge is 0.497 e. The highest BCUT2D eigenvalue weighted by Gasteiger charge is 2.23. The van der Waals surface area contributed by atoms with E-state index in [1.807, 2.05) is 0 Å². The Morgan fingerprint density at radius 3 is 2.85 bits per heavy atom. The molecule has 1 aliphatic carbocycles. The molecule has 0 spiro atoms. The highest BCUT2D eigenvalue weighted by atomic mass is 16.5. The molecule has 1 saturated carbocycles. The number of carbonyl (C=O) groups excluding carboxylic acids is 1. The summed E-state index contributed by atoms with van der Waals surface area (Å²) in [4.78, 5) is 11.6. The summed E-state index contributed by atoms with van der Waals surface area (Å²) >= 11 is 0. The van der Waals surface area contributed by atoms with Gasteiger partial charge in [0.1, 0.15) is 11.5 Å². The molecule has 1 aliphatic rings. The lowest BCUT2D eigenvalue weighted by molar-refractivity contribution is -0.121. The first-order valence-electron chi connectivity index (χ1n) is 6.88. The summed E-state index contributed by atoms with van der Waals surface area (Å²) in [6, 6.07) is 5.63. The van der Waals surface area contributed by atoms with Crippen LogP contribution in [0.4, 0.5) is 0 Å². The van der Waals surface area contributed by atoms with Gasteiger partial charge in [0.25, 0.3) is 0 Å². The van der Waals surface area contributed by atoms with Crippen LogP contribution < -0.4 is 14.8 Å². The Morgan fingerprint density at radius 2 is 2.25 bits per heavy atom. The van der Waals surface area contributed by atoms with Gasteiger partial charge in [0.05, 0.1) is 26.2 Å². The summed E-state index contributed by atoms with van der Waals surface area (Å²) in [5.41, 5.74) is 0.688. The fourth-order valence-electron chi connectivity index (χ4n) is 1.89. The topological polar surface area (TPSA) is 67.8 Å². The van der Waals surface area contributed by atoms with Crippen LogP contribution in [0, 0.1) is 0 Å². The fraction of sp³-hybridized carbons (Fsp3) is 0.533. The third kappa shape index (κ3) is 4.13. The summed E-state index contributed by atoms with van der Waals surface area (Å²) in [6.07, 6.45) is 1.84. The Kier molecular flexibility index (Phi) is 4.84. The van der Waals surface area contributed by atoms with Crippen molar-refractivity contribution in [3.05, 3.63) is 23.8 Å². The van der Waals surface area contributed by atoms with E-state index in [4.69, 9.17) is 9.47 Å². The van der Waals surface area contributed by atoms with Crippen LogP contribution in [0.5, 0.6) is 11.5 Å². The number of ether oxygens (including phenoxy) is 2. The van der Waals surface area contributed by atoms with Gasteiger partial charge in [0.15, 0.2) is 0 Å². The van der Waals surface area contributed by atoms with Crippen LogP contribution in [-0.4, -0.2) is 30.8 Å². The van der Waals surface area contributed by atoms with E-state index < -0.39 is 6.10 Å². The van der Waals surface area contributed by atoms with Gasteiger partial charge < -0.3 is 19.9 Å². The third-order valence-corrected chi connectivity index (χ3v) is 3.20. The Balaban J connectivity index is 1.90. The standard InChI is InChI=1S/C15H21NO4/c1-10(17)13-6-5-12(19-2)9-14(13)20-8-7-15(18)16-11-3-4-11/h5-6,9-11,17H,3-4,7-8H2,1-2H3,(H,16,18)/t10-/m0/s1. The van der Waals surface area contributed by atoms with Crippen LogP contribution in [0.2, 0.25) is 0 Å². The van der Waals surface area contributed by atoms with Crippen molar-refractivity contribution < 1.29 is 19.4 Å². The number of aliphatic hydroxyl groups is 1. The number of benzene rings is 1. The van der Waals surface area contributed by atoms with Gasteiger partial charge in [-0.15, -0.1) is 0 Å². The second kappa shape index (κ2) is 6.61. The molecule has 0 bridgehead atoms. The summed E-state index contributed by atoms with van der Waals surface area (Å²) < 4.78 is 10.7. The Labute approximate surface area is 118 Å². The maximum Gasteiger partial charge on any atom is 0.223 e. The van der Waals surface area contributed by atoms with Crippen LogP contribution in [0.3, 0.4) is 0 Å². The minimum absolute atomic E-state index is 0.00833. The summed E-state index contributed by atoms with van der Waals surface area (Å²) in [5.74, 6) is 1.22. The second-order valence-electron chi connectivity index (χ2n) is 5.02. The number of carbonyl (C=O) groups is 1. The van der Waals surface area contributed by atoms with E-state index in [1.54, 1.807) is 32.2 Å². The normalized spacial score (nSPS) is 15.6. The number of amides is 1. The van der Waals surface area contributed by atoms with Crippen molar-refractivity contribution >= 4 is 5.91 Å². The lowest BCUT2D eigenvalue weighted by atomic mass is 10.1. The number of hydrogen-bond acceptors (Lipinski definition) is 4. The Bertz CT molecular complexity index is 469.